The summed E-state index contributed by atoms with van der Waals surface area (Å²) in [5.41, 5.74) is 0. The molecule has 0 aliphatic carbocycles. The topological polar surface area (TPSA) is 97.6 Å². The lowest BCUT2D eigenvalue weighted by atomic mass is 10.0. The van der Waals surface area contributed by atoms with Crippen molar-refractivity contribution in [1.29, 1.82) is 0 Å². The van der Waals surface area contributed by atoms with Gasteiger partial charge in [-0.25, -0.2) is 0 Å². The van der Waals surface area contributed by atoms with E-state index in [1.165, 1.54) is 4.31 Å². The molecule has 22 heavy (non-hydrogen) atoms. The summed E-state index contributed by atoms with van der Waals surface area (Å²) in [5.74, 6) is 1.34. The van der Waals surface area contributed by atoms with Gasteiger partial charge in [0.1, 0.15) is 6.10 Å². The van der Waals surface area contributed by atoms with Crippen LogP contribution in [-0.2, 0) is 21.5 Å². The lowest BCUT2D eigenvalue weighted by molar-refractivity contribution is 0.0835. The molecule has 0 saturated carbocycles. The van der Waals surface area contributed by atoms with Crippen LogP contribution in [0.5, 0.6) is 0 Å². The van der Waals surface area contributed by atoms with Gasteiger partial charge in [0.05, 0.1) is 6.54 Å². The molecule has 8 nitrogen and oxygen atoms in total. The largest absolute Gasteiger partial charge is 0.368 e. The Bertz CT molecular complexity index is 589. The molecule has 9 heteroatoms. The van der Waals surface area contributed by atoms with E-state index in [0.717, 1.165) is 25.7 Å². The Hall–Kier alpha value is -1.03. The van der Waals surface area contributed by atoms with Gasteiger partial charge in [0.25, 0.3) is 16.1 Å². The maximum absolute atomic E-state index is 12.2. The number of hydrogen-bond donors (Lipinski definition) is 1. The fraction of sp³-hybridized carbons (Fsp3) is 0.846. The van der Waals surface area contributed by atoms with E-state index in [0.29, 0.717) is 37.3 Å². The Labute approximate surface area is 130 Å². The van der Waals surface area contributed by atoms with Crippen molar-refractivity contribution in [2.24, 2.45) is 5.92 Å². The molecular formula is C13H22N4O4S. The van der Waals surface area contributed by atoms with E-state index in [-0.39, 0.29) is 12.6 Å². The maximum atomic E-state index is 12.2. The molecule has 3 rings (SSSR count). The van der Waals surface area contributed by atoms with Crippen LogP contribution in [0.4, 0.5) is 0 Å². The first kappa shape index (κ1) is 15.9. The van der Waals surface area contributed by atoms with E-state index >= 15 is 0 Å². The second kappa shape index (κ2) is 6.61. The van der Waals surface area contributed by atoms with Crippen LogP contribution in [0.2, 0.25) is 0 Å². The standard InChI is InChI=1S/C13H22N4O4S/c1-10-4-6-17(7-5-10)22(18,19)14-9-12-15-13(21-16-12)11-3-2-8-20-11/h10-11,14H,2-9H2,1H3/t11-/m0/s1. The van der Waals surface area contributed by atoms with Crippen LogP contribution >= 0.6 is 0 Å². The summed E-state index contributed by atoms with van der Waals surface area (Å²) in [5, 5.41) is 3.81. The smallest absolute Gasteiger partial charge is 0.279 e. The second-order valence-corrected chi connectivity index (χ2v) is 7.71. The number of ether oxygens (including phenoxy) is 1. The molecule has 1 atom stereocenters. The number of nitrogens with zero attached hydrogens (tertiary/aromatic N) is 3. The maximum Gasteiger partial charge on any atom is 0.279 e. The Kier molecular flexibility index (Phi) is 4.76. The molecule has 1 aromatic rings. The van der Waals surface area contributed by atoms with E-state index in [1.54, 1.807) is 0 Å². The summed E-state index contributed by atoms with van der Waals surface area (Å²) in [6, 6.07) is 0. The zero-order valence-electron chi connectivity index (χ0n) is 12.7. The highest BCUT2D eigenvalue weighted by atomic mass is 32.2. The minimum Gasteiger partial charge on any atom is -0.368 e. The second-order valence-electron chi connectivity index (χ2n) is 5.96. The van der Waals surface area contributed by atoms with E-state index in [4.69, 9.17) is 9.26 Å². The molecule has 0 spiro atoms. The van der Waals surface area contributed by atoms with Gasteiger partial charge in [0.2, 0.25) is 0 Å². The van der Waals surface area contributed by atoms with Crippen molar-refractivity contribution in [3.63, 3.8) is 0 Å². The molecule has 1 N–H and O–H groups in total. The SMILES string of the molecule is CC1CCN(S(=O)(=O)NCc2noc([C@@H]3CCCO3)n2)CC1. The Morgan fingerprint density at radius 1 is 1.32 bits per heavy atom. The van der Waals surface area contributed by atoms with Crippen molar-refractivity contribution in [2.45, 2.75) is 45.3 Å². The van der Waals surface area contributed by atoms with E-state index in [1.807, 2.05) is 0 Å². The summed E-state index contributed by atoms with van der Waals surface area (Å²) in [7, 11) is -3.48. The Morgan fingerprint density at radius 2 is 2.09 bits per heavy atom. The van der Waals surface area contributed by atoms with Crippen LogP contribution in [-0.4, -0.2) is 42.6 Å². The van der Waals surface area contributed by atoms with Crippen LogP contribution in [0.3, 0.4) is 0 Å². The van der Waals surface area contributed by atoms with Gasteiger partial charge in [-0.2, -0.15) is 22.4 Å². The lowest BCUT2D eigenvalue weighted by Crippen LogP contribution is -2.44. The zero-order chi connectivity index (χ0) is 15.6. The van der Waals surface area contributed by atoms with E-state index < -0.39 is 10.2 Å². The molecule has 0 radical (unpaired) electrons. The third-order valence-corrected chi connectivity index (χ3v) is 5.74. The number of nitrogens with one attached hydrogen (secondary N) is 1. The average Bonchev–Trinajstić information content (AvgIpc) is 3.17. The number of hydrogen-bond acceptors (Lipinski definition) is 6. The highest BCUT2D eigenvalue weighted by molar-refractivity contribution is 7.87. The van der Waals surface area contributed by atoms with Gasteiger partial charge in [-0.05, 0) is 31.6 Å². The number of rotatable bonds is 5. The molecular weight excluding hydrogens is 308 g/mol. The number of piperidine rings is 1. The lowest BCUT2D eigenvalue weighted by Gasteiger charge is -2.29. The van der Waals surface area contributed by atoms with Crippen LogP contribution in [0.1, 0.15) is 50.4 Å². The van der Waals surface area contributed by atoms with Gasteiger partial charge in [-0.3, -0.25) is 0 Å². The Balaban J connectivity index is 1.55. The summed E-state index contributed by atoms with van der Waals surface area (Å²) in [6.07, 6.45) is 3.47. The molecule has 1 aromatic heterocycles. The first-order valence-corrected chi connectivity index (χ1v) is 9.17. The quantitative estimate of drug-likeness (QED) is 0.864. The first-order valence-electron chi connectivity index (χ1n) is 7.73. The van der Waals surface area contributed by atoms with Gasteiger partial charge in [0, 0.05) is 19.7 Å². The third-order valence-electron chi connectivity index (χ3n) is 4.18. The van der Waals surface area contributed by atoms with Crippen molar-refractivity contribution in [2.75, 3.05) is 19.7 Å². The molecule has 2 aliphatic rings. The normalized spacial score (nSPS) is 24.9. The van der Waals surface area contributed by atoms with Crippen molar-refractivity contribution < 1.29 is 17.7 Å². The van der Waals surface area contributed by atoms with E-state index in [9.17, 15) is 8.42 Å². The van der Waals surface area contributed by atoms with Gasteiger partial charge < -0.3 is 9.26 Å². The van der Waals surface area contributed by atoms with Gasteiger partial charge in [-0.15, -0.1) is 0 Å². The molecule has 2 aliphatic heterocycles. The molecule has 0 unspecified atom stereocenters. The molecule has 2 fully saturated rings. The zero-order valence-corrected chi connectivity index (χ0v) is 13.5. The summed E-state index contributed by atoms with van der Waals surface area (Å²) >= 11 is 0. The molecule has 124 valence electrons. The first-order chi connectivity index (χ1) is 10.5. The molecule has 3 heterocycles. The minimum absolute atomic E-state index is 0.0323. The highest BCUT2D eigenvalue weighted by Crippen LogP contribution is 2.26. The fourth-order valence-electron chi connectivity index (χ4n) is 2.71. The van der Waals surface area contributed by atoms with Crippen molar-refractivity contribution >= 4 is 10.2 Å². The predicted molar refractivity (Wildman–Crippen MR) is 78.0 cm³/mol. The third kappa shape index (κ3) is 3.65. The minimum atomic E-state index is -3.48. The van der Waals surface area contributed by atoms with Gasteiger partial charge in [-0.1, -0.05) is 12.1 Å². The van der Waals surface area contributed by atoms with Gasteiger partial charge >= 0.3 is 0 Å². The molecule has 2 saturated heterocycles. The van der Waals surface area contributed by atoms with Crippen molar-refractivity contribution in [3.8, 4) is 0 Å². The molecule has 0 aromatic carbocycles. The average molecular weight is 330 g/mol. The van der Waals surface area contributed by atoms with Crippen LogP contribution in [0.15, 0.2) is 4.52 Å². The van der Waals surface area contributed by atoms with Crippen molar-refractivity contribution in [3.05, 3.63) is 11.7 Å². The fourth-order valence-corrected chi connectivity index (χ4v) is 3.90. The summed E-state index contributed by atoms with van der Waals surface area (Å²) < 4.78 is 39.1. The summed E-state index contributed by atoms with van der Waals surface area (Å²) in [6.45, 7) is 3.99. The predicted octanol–water partition coefficient (Wildman–Crippen LogP) is 0.987. The molecule has 0 bridgehead atoms. The Morgan fingerprint density at radius 3 is 2.77 bits per heavy atom. The van der Waals surface area contributed by atoms with Crippen molar-refractivity contribution in [1.82, 2.24) is 19.2 Å². The number of aromatic nitrogens is 2. The van der Waals surface area contributed by atoms with Crippen LogP contribution < -0.4 is 4.72 Å². The monoisotopic (exact) mass is 330 g/mol. The summed E-state index contributed by atoms with van der Waals surface area (Å²) in [4.78, 5) is 4.20. The highest BCUT2D eigenvalue weighted by Gasteiger charge is 2.27. The van der Waals surface area contributed by atoms with Gasteiger partial charge in [0.15, 0.2) is 5.82 Å². The van der Waals surface area contributed by atoms with E-state index in [2.05, 4.69) is 21.8 Å². The van der Waals surface area contributed by atoms with Crippen LogP contribution in [0, 0.1) is 5.92 Å². The van der Waals surface area contributed by atoms with Crippen LogP contribution in [0.25, 0.3) is 0 Å². The molecule has 0 amide bonds.